The van der Waals surface area contributed by atoms with Gasteiger partial charge in [-0.25, -0.2) is 4.39 Å². The van der Waals surface area contributed by atoms with E-state index in [4.69, 9.17) is 10.7 Å². The van der Waals surface area contributed by atoms with E-state index < -0.39 is 5.91 Å². The summed E-state index contributed by atoms with van der Waals surface area (Å²) < 4.78 is 13.1. The van der Waals surface area contributed by atoms with Gasteiger partial charge in [0.05, 0.1) is 23.2 Å². The van der Waals surface area contributed by atoms with Crippen LogP contribution in [0.3, 0.4) is 0 Å². The van der Waals surface area contributed by atoms with Gasteiger partial charge in [0.25, 0.3) is 5.91 Å². The molecule has 6 heteroatoms. The summed E-state index contributed by atoms with van der Waals surface area (Å²) in [5, 5.41) is 0.866. The number of fused-ring (bicyclic) bond motifs is 1. The number of piperidine rings is 1. The van der Waals surface area contributed by atoms with E-state index in [1.165, 1.54) is 12.1 Å². The standard InChI is InChI=1S/C23H22FN3O2/c24-18-9-7-15(8-10-18)12-21(28)27-11-3-5-17(14-27)22-19(23(25)29)13-16-4-1-2-6-20(16)26-22/h1-2,4,6-10,13,17H,3,5,11-12,14H2,(H2,25,29). The summed E-state index contributed by atoms with van der Waals surface area (Å²) in [6.07, 6.45) is 1.89. The summed E-state index contributed by atoms with van der Waals surface area (Å²) in [6.45, 7) is 1.15. The SMILES string of the molecule is NC(=O)c1cc2ccccc2nc1C1CCCN(C(=O)Cc2ccc(F)cc2)C1. The molecule has 2 heterocycles. The molecule has 0 bridgehead atoms. The summed E-state index contributed by atoms with van der Waals surface area (Å²) in [4.78, 5) is 31.4. The van der Waals surface area contributed by atoms with Gasteiger partial charge < -0.3 is 10.6 Å². The van der Waals surface area contributed by atoms with E-state index in [1.807, 2.05) is 24.3 Å². The van der Waals surface area contributed by atoms with Gasteiger partial charge in [-0.2, -0.15) is 0 Å². The van der Waals surface area contributed by atoms with Crippen LogP contribution in [0, 0.1) is 5.82 Å². The Labute approximate surface area is 168 Å². The number of nitrogens with zero attached hydrogens (tertiary/aromatic N) is 2. The molecule has 1 unspecified atom stereocenters. The number of aromatic nitrogens is 1. The highest BCUT2D eigenvalue weighted by molar-refractivity contribution is 5.97. The Kier molecular flexibility index (Phi) is 5.25. The van der Waals surface area contributed by atoms with Crippen LogP contribution >= 0.6 is 0 Å². The molecule has 29 heavy (non-hydrogen) atoms. The number of nitrogens with two attached hydrogens (primary N) is 1. The lowest BCUT2D eigenvalue weighted by molar-refractivity contribution is -0.131. The first kappa shape index (κ1) is 19.1. The van der Waals surface area contributed by atoms with Crippen LogP contribution in [-0.2, 0) is 11.2 Å². The average Bonchev–Trinajstić information content (AvgIpc) is 2.74. The first-order valence-corrected chi connectivity index (χ1v) is 9.73. The second kappa shape index (κ2) is 7.99. The third kappa shape index (κ3) is 4.11. The van der Waals surface area contributed by atoms with E-state index in [0.717, 1.165) is 29.3 Å². The average molecular weight is 391 g/mol. The van der Waals surface area contributed by atoms with Crippen LogP contribution in [0.1, 0.15) is 40.4 Å². The first-order valence-electron chi connectivity index (χ1n) is 9.73. The molecule has 0 radical (unpaired) electrons. The largest absolute Gasteiger partial charge is 0.366 e. The Morgan fingerprint density at radius 1 is 1.14 bits per heavy atom. The summed E-state index contributed by atoms with van der Waals surface area (Å²) in [5.74, 6) is -0.885. The van der Waals surface area contributed by atoms with Crippen molar-refractivity contribution >= 4 is 22.7 Å². The molecule has 0 spiro atoms. The molecule has 1 atom stereocenters. The van der Waals surface area contributed by atoms with Gasteiger partial charge >= 0.3 is 0 Å². The zero-order chi connectivity index (χ0) is 20.4. The first-order chi connectivity index (χ1) is 14.0. The van der Waals surface area contributed by atoms with E-state index >= 15 is 0 Å². The molecule has 148 valence electrons. The van der Waals surface area contributed by atoms with Crippen LogP contribution in [0.25, 0.3) is 10.9 Å². The summed E-state index contributed by atoms with van der Waals surface area (Å²) in [5.41, 5.74) is 8.30. The van der Waals surface area contributed by atoms with Crippen molar-refractivity contribution in [3.63, 3.8) is 0 Å². The van der Waals surface area contributed by atoms with Crippen molar-refractivity contribution in [2.45, 2.75) is 25.2 Å². The van der Waals surface area contributed by atoms with Gasteiger partial charge in [0.2, 0.25) is 5.91 Å². The highest BCUT2D eigenvalue weighted by Crippen LogP contribution is 2.30. The van der Waals surface area contributed by atoms with Crippen LogP contribution in [-0.4, -0.2) is 34.8 Å². The molecule has 5 nitrogen and oxygen atoms in total. The lowest BCUT2D eigenvalue weighted by Crippen LogP contribution is -2.40. The zero-order valence-corrected chi connectivity index (χ0v) is 16.0. The molecule has 1 saturated heterocycles. The summed E-state index contributed by atoms with van der Waals surface area (Å²) >= 11 is 0. The topological polar surface area (TPSA) is 76.3 Å². The third-order valence-corrected chi connectivity index (χ3v) is 5.45. The second-order valence-corrected chi connectivity index (χ2v) is 7.46. The minimum absolute atomic E-state index is 0.0114. The maximum absolute atomic E-state index is 13.1. The van der Waals surface area contributed by atoms with Crippen molar-refractivity contribution < 1.29 is 14.0 Å². The molecule has 1 aliphatic heterocycles. The maximum atomic E-state index is 13.1. The highest BCUT2D eigenvalue weighted by atomic mass is 19.1. The number of rotatable bonds is 4. The minimum Gasteiger partial charge on any atom is -0.366 e. The smallest absolute Gasteiger partial charge is 0.250 e. The van der Waals surface area contributed by atoms with Crippen LogP contribution < -0.4 is 5.73 Å². The van der Waals surface area contributed by atoms with E-state index in [9.17, 15) is 14.0 Å². The van der Waals surface area contributed by atoms with Gasteiger partial charge in [0.15, 0.2) is 0 Å². The van der Waals surface area contributed by atoms with Gasteiger partial charge in [-0.3, -0.25) is 14.6 Å². The molecule has 1 aliphatic rings. The normalized spacial score (nSPS) is 16.7. The van der Waals surface area contributed by atoms with E-state index in [-0.39, 0.29) is 24.1 Å². The Bertz CT molecular complexity index is 1070. The number of carbonyl (C=O) groups excluding carboxylic acids is 2. The van der Waals surface area contributed by atoms with Gasteiger partial charge in [-0.05, 0) is 42.7 Å². The van der Waals surface area contributed by atoms with Crippen molar-refractivity contribution in [3.05, 3.63) is 77.2 Å². The van der Waals surface area contributed by atoms with E-state index in [2.05, 4.69) is 0 Å². The highest BCUT2D eigenvalue weighted by Gasteiger charge is 2.28. The number of benzene rings is 2. The van der Waals surface area contributed by atoms with Crippen molar-refractivity contribution in [2.24, 2.45) is 5.73 Å². The van der Waals surface area contributed by atoms with Crippen LogP contribution in [0.5, 0.6) is 0 Å². The fraction of sp³-hybridized carbons (Fsp3) is 0.261. The lowest BCUT2D eigenvalue weighted by atomic mass is 9.90. The van der Waals surface area contributed by atoms with Crippen LogP contribution in [0.15, 0.2) is 54.6 Å². The summed E-state index contributed by atoms with van der Waals surface area (Å²) in [6, 6.07) is 15.4. The molecule has 0 aliphatic carbocycles. The van der Waals surface area contributed by atoms with Crippen molar-refractivity contribution in [3.8, 4) is 0 Å². The number of likely N-dealkylation sites (tertiary alicyclic amines) is 1. The Morgan fingerprint density at radius 2 is 1.90 bits per heavy atom. The number of hydrogen-bond donors (Lipinski definition) is 1. The molecular formula is C23H22FN3O2. The number of hydrogen-bond acceptors (Lipinski definition) is 3. The zero-order valence-electron chi connectivity index (χ0n) is 16.0. The minimum atomic E-state index is -0.506. The predicted molar refractivity (Wildman–Crippen MR) is 109 cm³/mol. The van der Waals surface area contributed by atoms with Gasteiger partial charge in [0.1, 0.15) is 5.82 Å². The van der Waals surface area contributed by atoms with Crippen molar-refractivity contribution in [1.29, 1.82) is 0 Å². The molecule has 2 aromatic carbocycles. The number of para-hydroxylation sites is 1. The molecule has 1 aromatic heterocycles. The Hall–Kier alpha value is -3.28. The van der Waals surface area contributed by atoms with Crippen molar-refractivity contribution in [1.82, 2.24) is 9.88 Å². The van der Waals surface area contributed by atoms with Crippen LogP contribution in [0.4, 0.5) is 4.39 Å². The lowest BCUT2D eigenvalue weighted by Gasteiger charge is -2.33. The number of pyridine rings is 1. The van der Waals surface area contributed by atoms with E-state index in [0.29, 0.717) is 24.3 Å². The van der Waals surface area contributed by atoms with Gasteiger partial charge in [0, 0.05) is 24.4 Å². The fourth-order valence-corrected chi connectivity index (χ4v) is 3.95. The Balaban J connectivity index is 1.57. The quantitative estimate of drug-likeness (QED) is 0.740. The summed E-state index contributed by atoms with van der Waals surface area (Å²) in [7, 11) is 0. The van der Waals surface area contributed by atoms with Crippen molar-refractivity contribution in [2.75, 3.05) is 13.1 Å². The van der Waals surface area contributed by atoms with Gasteiger partial charge in [-0.1, -0.05) is 30.3 Å². The fourth-order valence-electron chi connectivity index (χ4n) is 3.95. The maximum Gasteiger partial charge on any atom is 0.250 e. The number of halogens is 1. The third-order valence-electron chi connectivity index (χ3n) is 5.45. The second-order valence-electron chi connectivity index (χ2n) is 7.46. The molecule has 2 N–H and O–H groups in total. The van der Waals surface area contributed by atoms with Crippen LogP contribution in [0.2, 0.25) is 0 Å². The Morgan fingerprint density at radius 3 is 2.66 bits per heavy atom. The number of primary amides is 1. The van der Waals surface area contributed by atoms with Gasteiger partial charge in [-0.15, -0.1) is 0 Å². The molecule has 1 fully saturated rings. The molecule has 2 amide bonds. The number of carbonyl (C=O) groups is 2. The molecule has 4 rings (SSSR count). The monoisotopic (exact) mass is 391 g/mol. The molecule has 3 aromatic rings. The molecular weight excluding hydrogens is 369 g/mol. The van der Waals surface area contributed by atoms with E-state index in [1.54, 1.807) is 23.1 Å². The molecule has 0 saturated carbocycles. The predicted octanol–water partition coefficient (Wildman–Crippen LogP) is 3.42. The number of amides is 2.